The van der Waals surface area contributed by atoms with E-state index < -0.39 is 17.6 Å². The van der Waals surface area contributed by atoms with Gasteiger partial charge in [-0.15, -0.1) is 11.6 Å². The minimum atomic E-state index is -0.765. The van der Waals surface area contributed by atoms with Crippen LogP contribution in [0, 0.1) is 0 Å². The van der Waals surface area contributed by atoms with Crippen LogP contribution in [0.15, 0.2) is 34.3 Å². The van der Waals surface area contributed by atoms with Crippen molar-refractivity contribution in [2.45, 2.75) is 13.0 Å². The Hall–Kier alpha value is -2.94. The monoisotopic (exact) mass is 365 g/mol. The summed E-state index contributed by atoms with van der Waals surface area (Å²) in [6, 6.07) is 3.30. The lowest BCUT2D eigenvalue weighted by Gasteiger charge is -2.12. The Bertz CT molecular complexity index is 904. The molecule has 0 radical (unpaired) electrons. The second-order valence-electron chi connectivity index (χ2n) is 4.91. The highest BCUT2D eigenvalue weighted by Crippen LogP contribution is 2.08. The lowest BCUT2D eigenvalue weighted by Crippen LogP contribution is -2.42. The van der Waals surface area contributed by atoms with Crippen LogP contribution in [-0.4, -0.2) is 39.4 Å². The number of alkyl halides is 1. The summed E-state index contributed by atoms with van der Waals surface area (Å²) in [7, 11) is 1.18. The lowest BCUT2D eigenvalue weighted by atomic mass is 10.1. The van der Waals surface area contributed by atoms with Gasteiger partial charge in [-0.1, -0.05) is 0 Å². The number of esters is 1. The quantitative estimate of drug-likeness (QED) is 0.543. The van der Waals surface area contributed by atoms with Crippen LogP contribution in [0.2, 0.25) is 0 Å². The zero-order chi connectivity index (χ0) is 18.4. The summed E-state index contributed by atoms with van der Waals surface area (Å²) in [4.78, 5) is 46.7. The molecule has 0 atom stereocenters. The number of aromatic amines is 1. The van der Waals surface area contributed by atoms with E-state index in [0.29, 0.717) is 5.69 Å². The number of carbonyl (C=O) groups excluding carboxylic acids is 2. The normalized spacial score (nSPS) is 11.4. The summed E-state index contributed by atoms with van der Waals surface area (Å²) in [5, 5.41) is 0. The molecule has 10 heteroatoms. The van der Waals surface area contributed by atoms with Crippen molar-refractivity contribution < 1.29 is 14.3 Å². The highest BCUT2D eigenvalue weighted by molar-refractivity contribution is 6.17. The molecule has 0 bridgehead atoms. The Morgan fingerprint density at radius 2 is 2.24 bits per heavy atom. The van der Waals surface area contributed by atoms with Crippen molar-refractivity contribution >= 4 is 29.2 Å². The van der Waals surface area contributed by atoms with Gasteiger partial charge in [-0.3, -0.25) is 14.3 Å². The molecular weight excluding hydrogens is 350 g/mol. The first-order chi connectivity index (χ1) is 12.0. The van der Waals surface area contributed by atoms with Crippen LogP contribution >= 0.6 is 11.6 Å². The molecule has 0 aliphatic rings. The highest BCUT2D eigenvalue weighted by Gasteiger charge is 2.21. The maximum absolute atomic E-state index is 12.4. The third-order valence-corrected chi connectivity index (χ3v) is 3.38. The summed E-state index contributed by atoms with van der Waals surface area (Å²) in [5.41, 5.74) is 5.01. The molecule has 9 nitrogen and oxygen atoms in total. The molecule has 132 valence electrons. The fourth-order valence-corrected chi connectivity index (χ4v) is 2.37. The van der Waals surface area contributed by atoms with Crippen LogP contribution < -0.4 is 16.9 Å². The number of pyridine rings is 1. The molecule has 2 aromatic heterocycles. The minimum absolute atomic E-state index is 0.0144. The van der Waals surface area contributed by atoms with Gasteiger partial charge in [-0.25, -0.2) is 14.6 Å². The molecule has 2 rings (SSSR count). The summed E-state index contributed by atoms with van der Waals surface area (Å²) >= 11 is 5.75. The second kappa shape index (κ2) is 8.25. The van der Waals surface area contributed by atoms with E-state index in [-0.39, 0.29) is 35.6 Å². The number of aromatic nitrogens is 3. The van der Waals surface area contributed by atoms with Crippen molar-refractivity contribution in [1.82, 2.24) is 14.5 Å². The van der Waals surface area contributed by atoms with E-state index in [1.165, 1.54) is 17.9 Å². The summed E-state index contributed by atoms with van der Waals surface area (Å²) in [6.45, 7) is 0.0941. The third-order valence-electron chi connectivity index (χ3n) is 3.21. The van der Waals surface area contributed by atoms with Crippen molar-refractivity contribution in [1.29, 1.82) is 0 Å². The number of ether oxygens (including phenoxy) is 1. The average Bonchev–Trinajstić information content (AvgIpc) is 2.58. The van der Waals surface area contributed by atoms with Crippen LogP contribution in [0.3, 0.4) is 0 Å². The van der Waals surface area contributed by atoms with E-state index in [9.17, 15) is 14.4 Å². The number of hydrogen-bond donors (Lipinski definition) is 2. The number of carbonyl (C=O) groups is 2. The van der Waals surface area contributed by atoms with Gasteiger partial charge in [0.1, 0.15) is 5.56 Å². The average molecular weight is 366 g/mol. The van der Waals surface area contributed by atoms with E-state index in [1.807, 2.05) is 0 Å². The number of nitrogens with two attached hydrogens (primary N) is 1. The number of nitrogens with zero attached hydrogens (tertiary/aromatic N) is 3. The predicted molar refractivity (Wildman–Crippen MR) is 89.5 cm³/mol. The number of methoxy groups -OCH3 is 1. The summed E-state index contributed by atoms with van der Waals surface area (Å²) in [5.74, 6) is -1.37. The van der Waals surface area contributed by atoms with E-state index >= 15 is 0 Å². The maximum Gasteiger partial charge on any atom is 0.343 e. The molecular formula is C15H16ClN5O4. The van der Waals surface area contributed by atoms with Gasteiger partial charge in [0.2, 0.25) is 5.91 Å². The molecule has 0 fully saturated rings. The number of amides is 1. The number of nitrogens with one attached hydrogen (secondary N) is 1. The Morgan fingerprint density at radius 3 is 2.80 bits per heavy atom. The number of H-pyrrole nitrogens is 1. The number of rotatable bonds is 6. The van der Waals surface area contributed by atoms with Crippen LogP contribution in [0.25, 0.3) is 0 Å². The fraction of sp³-hybridized carbons (Fsp3) is 0.267. The lowest BCUT2D eigenvalue weighted by molar-refractivity contribution is -0.117. The molecule has 0 saturated carbocycles. The second-order valence-corrected chi connectivity index (χ2v) is 5.28. The van der Waals surface area contributed by atoms with Gasteiger partial charge in [0.05, 0.1) is 25.4 Å². The van der Waals surface area contributed by atoms with Crippen LogP contribution in [0.4, 0.5) is 5.69 Å². The standard InChI is InChI=1S/C15H16ClN5O4/c1-25-14(23)12-10(7-11(17)22)20-15(24)21(6-4-16)13(12)19-9-3-2-5-18-8-9/h2-3,5,8H,4,6-7H2,1H3,(H2,17,22)(H,20,24)/b19-13-. The van der Waals surface area contributed by atoms with E-state index in [4.69, 9.17) is 22.1 Å². The number of primary amides is 1. The van der Waals surface area contributed by atoms with Gasteiger partial charge in [0.15, 0.2) is 5.49 Å². The molecule has 3 N–H and O–H groups in total. The summed E-state index contributed by atoms with van der Waals surface area (Å²) < 4.78 is 5.97. The topological polar surface area (TPSA) is 132 Å². The molecule has 0 spiro atoms. The molecule has 0 unspecified atom stereocenters. The smallest absolute Gasteiger partial charge is 0.343 e. The van der Waals surface area contributed by atoms with E-state index in [0.717, 1.165) is 0 Å². The van der Waals surface area contributed by atoms with Gasteiger partial charge in [0, 0.05) is 24.3 Å². The molecule has 0 aliphatic heterocycles. The van der Waals surface area contributed by atoms with Crippen LogP contribution in [-0.2, 0) is 22.5 Å². The molecule has 0 saturated heterocycles. The minimum Gasteiger partial charge on any atom is -0.465 e. The van der Waals surface area contributed by atoms with Gasteiger partial charge in [-0.05, 0) is 12.1 Å². The Morgan fingerprint density at radius 1 is 1.48 bits per heavy atom. The first kappa shape index (κ1) is 18.4. The first-order valence-corrected chi connectivity index (χ1v) is 7.74. The number of halogens is 1. The SMILES string of the molecule is COC(=O)c1c(CC(N)=O)[nH]c(=O)n(CCCl)/c1=N\c1cccnc1. The van der Waals surface area contributed by atoms with Crippen molar-refractivity contribution in [3.05, 3.63) is 51.8 Å². The summed E-state index contributed by atoms with van der Waals surface area (Å²) in [6.07, 6.45) is 2.67. The molecule has 25 heavy (non-hydrogen) atoms. The Kier molecular flexibility index (Phi) is 6.07. The van der Waals surface area contributed by atoms with Gasteiger partial charge in [-0.2, -0.15) is 0 Å². The van der Waals surface area contributed by atoms with Gasteiger partial charge >= 0.3 is 11.7 Å². The molecule has 2 aromatic rings. The van der Waals surface area contributed by atoms with E-state index in [2.05, 4.69) is 15.0 Å². The zero-order valence-electron chi connectivity index (χ0n) is 13.4. The van der Waals surface area contributed by atoms with Crippen molar-refractivity contribution in [2.75, 3.05) is 13.0 Å². The van der Waals surface area contributed by atoms with Crippen molar-refractivity contribution in [3.8, 4) is 0 Å². The highest BCUT2D eigenvalue weighted by atomic mass is 35.5. The van der Waals surface area contributed by atoms with Crippen LogP contribution in [0.5, 0.6) is 0 Å². The molecule has 0 aliphatic carbocycles. The number of hydrogen-bond acceptors (Lipinski definition) is 6. The van der Waals surface area contributed by atoms with Gasteiger partial charge < -0.3 is 15.5 Å². The van der Waals surface area contributed by atoms with Crippen molar-refractivity contribution in [3.63, 3.8) is 0 Å². The first-order valence-electron chi connectivity index (χ1n) is 7.21. The van der Waals surface area contributed by atoms with Crippen LogP contribution in [0.1, 0.15) is 16.1 Å². The predicted octanol–water partition coefficient (Wildman–Crippen LogP) is -0.143. The molecule has 1 amide bonds. The zero-order valence-corrected chi connectivity index (χ0v) is 14.1. The molecule has 2 heterocycles. The Labute approximate surface area is 147 Å². The maximum atomic E-state index is 12.4. The Balaban J connectivity index is 2.89. The van der Waals surface area contributed by atoms with E-state index in [1.54, 1.807) is 18.3 Å². The molecule has 0 aromatic carbocycles. The third kappa shape index (κ3) is 4.32. The van der Waals surface area contributed by atoms with Gasteiger partial charge in [0.25, 0.3) is 0 Å². The fourth-order valence-electron chi connectivity index (χ4n) is 2.20. The largest absolute Gasteiger partial charge is 0.465 e. The van der Waals surface area contributed by atoms with Crippen molar-refractivity contribution in [2.24, 2.45) is 10.7 Å².